The molecule has 1 rings (SSSR count). The summed E-state index contributed by atoms with van der Waals surface area (Å²) in [6.45, 7) is 13.7. The molecule has 0 saturated heterocycles. The standard InChI is InChI=1S/C14H23N3OP.C3H7.U/c1-9(2)16-14-12(11(4)18)8-13(19)17(14)10(3)6-7-15-5;1-3-2;/h13,15H,7-8,19H2,1-5H3;1,3H2,2H3;/q2*-1;+2. The number of hydrogen-bond donors (Lipinski definition) is 1. The second kappa shape index (κ2) is 13.4. The summed E-state index contributed by atoms with van der Waals surface area (Å²) in [7, 11) is 4.66. The number of allylic oxidation sites excluding steroid dienone is 1. The van der Waals surface area contributed by atoms with E-state index >= 15 is 0 Å². The third-order valence-electron chi connectivity index (χ3n) is 2.88. The molecule has 1 heterocycles. The Morgan fingerprint density at radius 1 is 1.43 bits per heavy atom. The molecule has 6 heteroatoms. The average molecular weight is 561 g/mol. The molecule has 2 unspecified atom stereocenters. The molecule has 0 spiro atoms. The Hall–Kier alpha value is 0.0619. The first-order chi connectivity index (χ1) is 10.3. The molecule has 0 amide bonds. The van der Waals surface area contributed by atoms with E-state index in [9.17, 15) is 4.79 Å². The smallest absolute Gasteiger partial charge is 0.462 e. The summed E-state index contributed by atoms with van der Waals surface area (Å²) in [5.74, 6) is 1.03. The maximum atomic E-state index is 11.8. The Balaban J connectivity index is 0. The molecule has 1 aliphatic heterocycles. The number of rotatable bonds is 5. The van der Waals surface area contributed by atoms with Gasteiger partial charge in [0.2, 0.25) is 0 Å². The first-order valence-corrected chi connectivity index (χ1v) is 8.28. The van der Waals surface area contributed by atoms with Gasteiger partial charge in [-0.3, -0.25) is 4.79 Å². The molecule has 2 atom stereocenters. The summed E-state index contributed by atoms with van der Waals surface area (Å²) in [6.07, 6.45) is 4.98. The minimum atomic E-state index is 0. The van der Waals surface area contributed by atoms with E-state index in [1.165, 1.54) is 0 Å². The summed E-state index contributed by atoms with van der Waals surface area (Å²) in [6, 6.07) is 0. The second-order valence-corrected chi connectivity index (χ2v) is 6.12. The van der Waals surface area contributed by atoms with Crippen molar-refractivity contribution >= 4 is 20.7 Å². The van der Waals surface area contributed by atoms with E-state index in [-0.39, 0.29) is 42.7 Å². The summed E-state index contributed by atoms with van der Waals surface area (Å²) in [4.78, 5) is 18.4. The van der Waals surface area contributed by atoms with Crippen molar-refractivity contribution < 1.29 is 35.9 Å². The van der Waals surface area contributed by atoms with Crippen molar-refractivity contribution in [2.75, 3.05) is 13.6 Å². The summed E-state index contributed by atoms with van der Waals surface area (Å²) >= 11 is 0. The first-order valence-electron chi connectivity index (χ1n) is 7.62. The molecule has 4 nitrogen and oxygen atoms in total. The fourth-order valence-corrected chi connectivity index (χ4v) is 2.64. The number of ketones is 1. The molecule has 0 radical (unpaired) electrons. The third-order valence-corrected chi connectivity index (χ3v) is 3.41. The van der Waals surface area contributed by atoms with Crippen LogP contribution >= 0.6 is 9.24 Å². The van der Waals surface area contributed by atoms with E-state index in [1.807, 2.05) is 34.7 Å². The summed E-state index contributed by atoms with van der Waals surface area (Å²) in [5, 5.41) is 3.04. The van der Waals surface area contributed by atoms with Gasteiger partial charge in [-0.05, 0) is 27.8 Å². The number of nitrogens with one attached hydrogen (secondary N) is 1. The van der Waals surface area contributed by atoms with Gasteiger partial charge in [0.25, 0.3) is 0 Å². The summed E-state index contributed by atoms with van der Waals surface area (Å²) < 4.78 is 0. The fourth-order valence-electron chi connectivity index (χ4n) is 2.04. The van der Waals surface area contributed by atoms with Gasteiger partial charge in [-0.2, -0.15) is 12.1 Å². The molecular weight excluding hydrogens is 531 g/mol. The quantitative estimate of drug-likeness (QED) is 0.319. The monoisotopic (exact) mass is 561 g/mol. The van der Waals surface area contributed by atoms with Crippen LogP contribution in [0.2, 0.25) is 0 Å². The molecule has 0 aromatic carbocycles. The molecule has 1 N–H and O–H groups in total. The number of aliphatic imine (C=N–C) groups is 1. The molecule has 0 fully saturated rings. The van der Waals surface area contributed by atoms with Crippen molar-refractivity contribution in [1.29, 1.82) is 0 Å². The SMILES string of the molecule is CNC[C-]=C(C)N1C(N=C(C)C)=C(C(C)=O)CC1P.[CH2-]CC.[U+2]. The number of carbonyl (C=O) groups is 1. The average Bonchev–Trinajstić information content (AvgIpc) is 2.73. The second-order valence-electron chi connectivity index (χ2n) is 5.35. The van der Waals surface area contributed by atoms with Crippen molar-refractivity contribution in [3.63, 3.8) is 0 Å². The molecular formula is C17H30N3OPU. The van der Waals surface area contributed by atoms with E-state index in [0.717, 1.165) is 29.2 Å². The predicted octanol–water partition coefficient (Wildman–Crippen LogP) is 3.33. The molecule has 0 aliphatic carbocycles. The molecule has 0 bridgehead atoms. The van der Waals surface area contributed by atoms with Crippen LogP contribution in [0.3, 0.4) is 0 Å². The van der Waals surface area contributed by atoms with E-state index in [4.69, 9.17) is 0 Å². The Labute approximate surface area is 168 Å². The van der Waals surface area contributed by atoms with E-state index in [2.05, 4.69) is 37.4 Å². The molecule has 0 aromatic rings. The molecule has 1 aliphatic rings. The topological polar surface area (TPSA) is 44.7 Å². The van der Waals surface area contributed by atoms with Gasteiger partial charge >= 0.3 is 31.1 Å². The van der Waals surface area contributed by atoms with E-state index in [0.29, 0.717) is 13.0 Å². The number of carbonyl (C=O) groups excluding carboxylic acids is 1. The zero-order chi connectivity index (χ0) is 17.3. The maximum absolute atomic E-state index is 11.8. The number of Topliss-reactive ketones (excluding diaryl/α,β-unsaturated/α-hetero) is 1. The van der Waals surface area contributed by atoms with Crippen molar-refractivity contribution in [2.24, 2.45) is 4.99 Å². The normalized spacial score (nSPS) is 17.3. The van der Waals surface area contributed by atoms with Gasteiger partial charge in [-0.25, -0.2) is 4.99 Å². The third kappa shape index (κ3) is 8.64. The van der Waals surface area contributed by atoms with Crippen molar-refractivity contribution in [2.45, 2.75) is 53.2 Å². The zero-order valence-corrected chi connectivity index (χ0v) is 20.6. The van der Waals surface area contributed by atoms with Crippen molar-refractivity contribution in [3.8, 4) is 0 Å². The van der Waals surface area contributed by atoms with E-state index in [1.54, 1.807) is 6.92 Å². The molecule has 23 heavy (non-hydrogen) atoms. The van der Waals surface area contributed by atoms with Crippen LogP contribution in [0.25, 0.3) is 0 Å². The fraction of sp³-hybridized carbons (Fsp3) is 0.588. The van der Waals surface area contributed by atoms with Gasteiger partial charge < -0.3 is 23.2 Å². The first kappa shape index (κ1) is 25.3. The van der Waals surface area contributed by atoms with Crippen LogP contribution in [0, 0.1) is 44.1 Å². The number of hydrogen-bond acceptors (Lipinski definition) is 4. The van der Waals surface area contributed by atoms with Crippen LogP contribution in [0.15, 0.2) is 22.1 Å². The van der Waals surface area contributed by atoms with Gasteiger partial charge in [-0.1, -0.05) is 13.8 Å². The molecule has 128 valence electrons. The van der Waals surface area contributed by atoms with Gasteiger partial charge in [0.15, 0.2) is 5.78 Å². The molecule has 0 saturated carbocycles. The predicted molar refractivity (Wildman–Crippen MR) is 98.4 cm³/mol. The Bertz CT molecular complexity index is 468. The Kier molecular flexibility index (Phi) is 14.7. The minimum Gasteiger partial charge on any atom is -0.462 e. The van der Waals surface area contributed by atoms with Gasteiger partial charge in [-0.15, -0.1) is 15.8 Å². The van der Waals surface area contributed by atoms with Gasteiger partial charge in [0.05, 0.1) is 5.78 Å². The minimum absolute atomic E-state index is 0. The van der Waals surface area contributed by atoms with Crippen LogP contribution in [-0.4, -0.2) is 35.8 Å². The van der Waals surface area contributed by atoms with Crippen molar-refractivity contribution in [3.05, 3.63) is 30.1 Å². The van der Waals surface area contributed by atoms with Crippen LogP contribution in [-0.2, 0) is 4.79 Å². The van der Waals surface area contributed by atoms with Crippen LogP contribution in [0.5, 0.6) is 0 Å². The number of likely N-dealkylation sites (N-methyl/N-ethyl adjacent to an activating group) is 1. The maximum Gasteiger partial charge on any atom is 2.00 e. The Morgan fingerprint density at radius 2 is 1.96 bits per heavy atom. The number of nitrogens with zero attached hydrogens (tertiary/aromatic N) is 2. The zero-order valence-electron chi connectivity index (χ0n) is 15.3. The van der Waals surface area contributed by atoms with Crippen LogP contribution in [0.1, 0.15) is 47.5 Å². The largest absolute Gasteiger partial charge is 2.00 e. The van der Waals surface area contributed by atoms with Crippen molar-refractivity contribution in [1.82, 2.24) is 10.2 Å². The molecule has 0 aromatic heterocycles. The van der Waals surface area contributed by atoms with Crippen LogP contribution < -0.4 is 5.32 Å². The van der Waals surface area contributed by atoms with Gasteiger partial charge in [0.1, 0.15) is 5.82 Å². The Morgan fingerprint density at radius 3 is 2.35 bits per heavy atom. The van der Waals surface area contributed by atoms with Crippen LogP contribution in [0.4, 0.5) is 0 Å². The summed E-state index contributed by atoms with van der Waals surface area (Å²) in [5.41, 5.74) is 2.73. The van der Waals surface area contributed by atoms with Gasteiger partial charge in [0, 0.05) is 17.7 Å². The van der Waals surface area contributed by atoms with E-state index < -0.39 is 0 Å².